The normalized spacial score (nSPS) is 10.6. The van der Waals surface area contributed by atoms with Gasteiger partial charge in [-0.05, 0) is 55.7 Å². The smallest absolute Gasteiger partial charge is 0.256 e. The summed E-state index contributed by atoms with van der Waals surface area (Å²) in [7, 11) is 1.79. The van der Waals surface area contributed by atoms with E-state index in [4.69, 9.17) is 10.2 Å². The van der Waals surface area contributed by atoms with Gasteiger partial charge < -0.3 is 15.1 Å². The van der Waals surface area contributed by atoms with Gasteiger partial charge in [0.15, 0.2) is 0 Å². The average Bonchev–Trinajstić information content (AvgIpc) is 3.37. The molecule has 156 valence electrons. The van der Waals surface area contributed by atoms with Crippen molar-refractivity contribution in [2.24, 2.45) is 5.73 Å². The van der Waals surface area contributed by atoms with Crippen molar-refractivity contribution in [2.45, 2.75) is 32.2 Å². The van der Waals surface area contributed by atoms with Gasteiger partial charge in [0.1, 0.15) is 17.8 Å². The minimum absolute atomic E-state index is 0. The molecule has 29 heavy (non-hydrogen) atoms. The Balaban J connectivity index is 0.00000300. The number of carbonyl (C=O) groups excluding carboxylic acids is 1. The third-order valence-electron chi connectivity index (χ3n) is 4.66. The van der Waals surface area contributed by atoms with Gasteiger partial charge >= 0.3 is 0 Å². The van der Waals surface area contributed by atoms with Crippen LogP contribution < -0.4 is 5.73 Å². The highest BCUT2D eigenvalue weighted by molar-refractivity contribution is 5.93. The maximum Gasteiger partial charge on any atom is 0.256 e. The first-order chi connectivity index (χ1) is 13.6. The summed E-state index contributed by atoms with van der Waals surface area (Å²) in [5.74, 6) is 0.299. The summed E-state index contributed by atoms with van der Waals surface area (Å²) in [6.07, 6.45) is 5.26. The predicted octanol–water partition coefficient (Wildman–Crippen LogP) is 4.17. The van der Waals surface area contributed by atoms with E-state index in [2.05, 4.69) is 10.2 Å². The minimum Gasteiger partial charge on any atom is -0.467 e. The Labute approximate surface area is 175 Å². The van der Waals surface area contributed by atoms with E-state index in [0.29, 0.717) is 17.9 Å². The molecule has 0 saturated heterocycles. The molecule has 2 heterocycles. The summed E-state index contributed by atoms with van der Waals surface area (Å²) >= 11 is 0. The first-order valence-corrected chi connectivity index (χ1v) is 9.40. The zero-order chi connectivity index (χ0) is 19.9. The summed E-state index contributed by atoms with van der Waals surface area (Å²) in [6.45, 7) is 0.971. The topological polar surface area (TPSA) is 88.2 Å². The zero-order valence-electron chi connectivity index (χ0n) is 16.4. The van der Waals surface area contributed by atoms with E-state index in [0.717, 1.165) is 42.6 Å². The number of aromatic amines is 1. The zero-order valence-corrected chi connectivity index (χ0v) is 17.2. The first kappa shape index (κ1) is 22.6. The molecule has 1 aromatic carbocycles. The Kier molecular flexibility index (Phi) is 8.42. The Bertz CT molecular complexity index is 908. The molecule has 6 nitrogen and oxygen atoms in total. The number of amides is 1. The second-order valence-electron chi connectivity index (χ2n) is 6.83. The second kappa shape index (κ2) is 10.8. The predicted molar refractivity (Wildman–Crippen MR) is 112 cm³/mol. The van der Waals surface area contributed by atoms with Crippen LogP contribution in [0, 0.1) is 5.82 Å². The number of hydrogen-bond donors (Lipinski definition) is 2. The molecular formula is C21H26ClFN4O2. The fraction of sp³-hybridized carbons (Fsp3) is 0.333. The van der Waals surface area contributed by atoms with Crippen molar-refractivity contribution >= 4 is 18.3 Å². The molecule has 0 atom stereocenters. The molecule has 8 heteroatoms. The number of hydrogen-bond acceptors (Lipinski definition) is 4. The molecule has 2 aromatic heterocycles. The second-order valence-corrected chi connectivity index (χ2v) is 6.83. The van der Waals surface area contributed by atoms with Gasteiger partial charge in [0.05, 0.1) is 17.8 Å². The SMILES string of the molecule is CN(CCCCCc1cc(-c2ccc(F)cc2)n[nH]1)C(=O)c1coc(CN)c1.Cl. The summed E-state index contributed by atoms with van der Waals surface area (Å²) in [5.41, 5.74) is 8.80. The van der Waals surface area contributed by atoms with E-state index < -0.39 is 0 Å². The van der Waals surface area contributed by atoms with Crippen molar-refractivity contribution in [3.63, 3.8) is 0 Å². The monoisotopic (exact) mass is 420 g/mol. The molecule has 0 aliphatic rings. The van der Waals surface area contributed by atoms with Gasteiger partial charge in [-0.15, -0.1) is 12.4 Å². The van der Waals surface area contributed by atoms with Crippen LogP contribution in [0.2, 0.25) is 0 Å². The third kappa shape index (κ3) is 6.17. The molecule has 3 N–H and O–H groups in total. The van der Waals surface area contributed by atoms with Gasteiger partial charge in [0.2, 0.25) is 0 Å². The molecule has 0 saturated carbocycles. The van der Waals surface area contributed by atoms with Crippen LogP contribution in [0.3, 0.4) is 0 Å². The lowest BCUT2D eigenvalue weighted by Crippen LogP contribution is -2.27. The molecule has 0 radical (unpaired) electrons. The lowest BCUT2D eigenvalue weighted by atomic mass is 10.1. The van der Waals surface area contributed by atoms with Crippen LogP contribution in [0.4, 0.5) is 4.39 Å². The van der Waals surface area contributed by atoms with Crippen molar-refractivity contribution < 1.29 is 13.6 Å². The van der Waals surface area contributed by atoms with Gasteiger partial charge in [-0.1, -0.05) is 6.42 Å². The Morgan fingerprint density at radius 1 is 1.21 bits per heavy atom. The number of nitrogens with one attached hydrogen (secondary N) is 1. The fourth-order valence-corrected chi connectivity index (χ4v) is 3.02. The van der Waals surface area contributed by atoms with Crippen molar-refractivity contribution in [1.29, 1.82) is 0 Å². The largest absolute Gasteiger partial charge is 0.467 e. The van der Waals surface area contributed by atoms with Crippen molar-refractivity contribution in [3.05, 3.63) is 65.5 Å². The molecule has 0 spiro atoms. The van der Waals surface area contributed by atoms with Crippen molar-refractivity contribution in [3.8, 4) is 11.3 Å². The molecule has 0 aliphatic heterocycles. The average molecular weight is 421 g/mol. The number of H-pyrrole nitrogens is 1. The van der Waals surface area contributed by atoms with E-state index in [-0.39, 0.29) is 30.7 Å². The van der Waals surface area contributed by atoms with Crippen LogP contribution in [0.25, 0.3) is 11.3 Å². The van der Waals surface area contributed by atoms with Crippen LogP contribution in [-0.2, 0) is 13.0 Å². The summed E-state index contributed by atoms with van der Waals surface area (Å²) in [5, 5.41) is 7.33. The number of unbranched alkanes of at least 4 members (excludes halogenated alkanes) is 2. The van der Waals surface area contributed by atoms with Gasteiger partial charge in [0.25, 0.3) is 5.91 Å². The number of aromatic nitrogens is 2. The third-order valence-corrected chi connectivity index (χ3v) is 4.66. The fourth-order valence-electron chi connectivity index (χ4n) is 3.02. The molecule has 0 bridgehead atoms. The Morgan fingerprint density at radius 2 is 1.97 bits per heavy atom. The lowest BCUT2D eigenvalue weighted by molar-refractivity contribution is 0.0792. The number of halogens is 2. The molecular weight excluding hydrogens is 395 g/mol. The van der Waals surface area contributed by atoms with Crippen LogP contribution in [-0.4, -0.2) is 34.6 Å². The summed E-state index contributed by atoms with van der Waals surface area (Å²) in [4.78, 5) is 14.0. The summed E-state index contributed by atoms with van der Waals surface area (Å²) in [6, 6.07) is 9.99. The number of aryl methyl sites for hydroxylation is 1. The van der Waals surface area contributed by atoms with Crippen molar-refractivity contribution in [1.82, 2.24) is 15.1 Å². The van der Waals surface area contributed by atoms with Gasteiger partial charge in [0, 0.05) is 24.8 Å². The van der Waals surface area contributed by atoms with Gasteiger partial charge in [-0.3, -0.25) is 9.89 Å². The van der Waals surface area contributed by atoms with E-state index in [1.54, 1.807) is 30.1 Å². The first-order valence-electron chi connectivity index (χ1n) is 9.40. The van der Waals surface area contributed by atoms with E-state index in [1.165, 1.54) is 18.4 Å². The van der Waals surface area contributed by atoms with Gasteiger partial charge in [-0.25, -0.2) is 4.39 Å². The Hall–Kier alpha value is -2.64. The van der Waals surface area contributed by atoms with Gasteiger partial charge in [-0.2, -0.15) is 5.10 Å². The van der Waals surface area contributed by atoms with Crippen LogP contribution >= 0.6 is 12.4 Å². The molecule has 0 fully saturated rings. The molecule has 3 rings (SSSR count). The van der Waals surface area contributed by atoms with Crippen LogP contribution in [0.5, 0.6) is 0 Å². The summed E-state index contributed by atoms with van der Waals surface area (Å²) < 4.78 is 18.2. The number of rotatable bonds is 9. The van der Waals surface area contributed by atoms with Crippen LogP contribution in [0.15, 0.2) is 47.1 Å². The molecule has 0 aliphatic carbocycles. The highest BCUT2D eigenvalue weighted by Gasteiger charge is 2.14. The number of furan rings is 1. The number of nitrogens with two attached hydrogens (primary N) is 1. The van der Waals surface area contributed by atoms with Crippen LogP contribution in [0.1, 0.15) is 41.1 Å². The lowest BCUT2D eigenvalue weighted by Gasteiger charge is -2.15. The van der Waals surface area contributed by atoms with Crippen molar-refractivity contribution in [2.75, 3.05) is 13.6 Å². The maximum atomic E-state index is 13.0. The van der Waals surface area contributed by atoms with E-state index >= 15 is 0 Å². The minimum atomic E-state index is -0.254. The van der Waals surface area contributed by atoms with E-state index in [9.17, 15) is 9.18 Å². The highest BCUT2D eigenvalue weighted by atomic mass is 35.5. The quantitative estimate of drug-likeness (QED) is 0.508. The number of benzene rings is 1. The molecule has 0 unspecified atom stereocenters. The Morgan fingerprint density at radius 3 is 2.66 bits per heavy atom. The highest BCUT2D eigenvalue weighted by Crippen LogP contribution is 2.19. The molecule has 1 amide bonds. The standard InChI is InChI=1S/C21H25FN4O2.ClH/c1-26(21(27)16-11-19(13-23)28-14-16)10-4-2-3-5-18-12-20(25-24-18)15-6-8-17(22)9-7-15;/h6-9,11-12,14H,2-5,10,13,23H2,1H3,(H,24,25);1H. The van der Waals surface area contributed by atoms with E-state index in [1.807, 2.05) is 6.07 Å². The number of carbonyl (C=O) groups is 1. The number of nitrogens with zero attached hydrogens (tertiary/aromatic N) is 2. The maximum absolute atomic E-state index is 13.0. The molecule has 3 aromatic rings.